The van der Waals surface area contributed by atoms with Gasteiger partial charge in [-0.1, -0.05) is 20.3 Å². The van der Waals surface area contributed by atoms with Crippen LogP contribution in [-0.4, -0.2) is 0 Å². The Bertz CT molecular complexity index is 242. The Labute approximate surface area is 78.6 Å². The Morgan fingerprint density at radius 2 is 2.17 bits per heavy atom. The number of rotatable bonds is 3. The van der Waals surface area contributed by atoms with Gasteiger partial charge in [-0.2, -0.15) is 11.3 Å². The third kappa shape index (κ3) is 1.87. The second kappa shape index (κ2) is 4.06. The number of aryl methyl sites for hydroxylation is 1. The van der Waals surface area contributed by atoms with E-state index in [1.165, 1.54) is 11.1 Å². The van der Waals surface area contributed by atoms with E-state index in [-0.39, 0.29) is 6.04 Å². The van der Waals surface area contributed by atoms with Crippen LogP contribution in [0.1, 0.15) is 37.4 Å². The van der Waals surface area contributed by atoms with Crippen molar-refractivity contribution in [2.45, 2.75) is 33.2 Å². The first-order valence-electron chi connectivity index (χ1n) is 4.45. The molecule has 0 fully saturated rings. The minimum absolute atomic E-state index is 0.223. The standard InChI is InChI=1S/C10H17NS/c1-4-7(2)10(11)9-6-12-5-8(9)3/h5-7,10H,4,11H2,1-3H3. The SMILES string of the molecule is CCC(C)C(N)c1cscc1C. The van der Waals surface area contributed by atoms with Gasteiger partial charge >= 0.3 is 0 Å². The molecule has 1 nitrogen and oxygen atoms in total. The molecule has 0 aromatic carbocycles. The van der Waals surface area contributed by atoms with E-state index < -0.39 is 0 Å². The lowest BCUT2D eigenvalue weighted by Gasteiger charge is -2.18. The van der Waals surface area contributed by atoms with Crippen LogP contribution in [0.4, 0.5) is 0 Å². The molecule has 0 bridgehead atoms. The predicted molar refractivity (Wildman–Crippen MR) is 55.4 cm³/mol. The highest BCUT2D eigenvalue weighted by Crippen LogP contribution is 2.26. The predicted octanol–water partition coefficient (Wildman–Crippen LogP) is 3.10. The highest BCUT2D eigenvalue weighted by Gasteiger charge is 2.15. The fourth-order valence-corrected chi connectivity index (χ4v) is 2.17. The Morgan fingerprint density at radius 1 is 1.50 bits per heavy atom. The Kier molecular flexibility index (Phi) is 3.29. The Hall–Kier alpha value is -0.340. The van der Waals surface area contributed by atoms with E-state index in [1.54, 1.807) is 11.3 Å². The summed E-state index contributed by atoms with van der Waals surface area (Å²) < 4.78 is 0. The number of nitrogens with two attached hydrogens (primary N) is 1. The van der Waals surface area contributed by atoms with Crippen LogP contribution in [0.3, 0.4) is 0 Å². The number of thiophene rings is 1. The fraction of sp³-hybridized carbons (Fsp3) is 0.600. The van der Waals surface area contributed by atoms with Crippen LogP contribution in [0, 0.1) is 12.8 Å². The zero-order chi connectivity index (χ0) is 9.14. The molecule has 1 aromatic heterocycles. The first kappa shape index (κ1) is 9.75. The van der Waals surface area contributed by atoms with E-state index in [0.717, 1.165) is 6.42 Å². The monoisotopic (exact) mass is 183 g/mol. The molecule has 0 radical (unpaired) electrons. The van der Waals surface area contributed by atoms with Crippen molar-refractivity contribution in [2.24, 2.45) is 11.7 Å². The molecule has 1 rings (SSSR count). The largest absolute Gasteiger partial charge is 0.324 e. The molecule has 0 aliphatic carbocycles. The van der Waals surface area contributed by atoms with Gasteiger partial charge in [0, 0.05) is 6.04 Å². The molecule has 2 unspecified atom stereocenters. The second-order valence-electron chi connectivity index (χ2n) is 3.42. The zero-order valence-corrected chi connectivity index (χ0v) is 8.82. The van der Waals surface area contributed by atoms with Crippen LogP contribution in [0.2, 0.25) is 0 Å². The van der Waals surface area contributed by atoms with Gasteiger partial charge in [0.25, 0.3) is 0 Å². The molecule has 2 atom stereocenters. The third-order valence-corrected chi connectivity index (χ3v) is 3.39. The van der Waals surface area contributed by atoms with Crippen LogP contribution < -0.4 is 5.73 Å². The summed E-state index contributed by atoms with van der Waals surface area (Å²) in [5.41, 5.74) is 8.77. The van der Waals surface area contributed by atoms with Crippen molar-refractivity contribution in [1.82, 2.24) is 0 Å². The third-order valence-electron chi connectivity index (χ3n) is 2.51. The quantitative estimate of drug-likeness (QED) is 0.765. The van der Waals surface area contributed by atoms with Gasteiger partial charge in [0.2, 0.25) is 0 Å². The van der Waals surface area contributed by atoms with Crippen molar-refractivity contribution in [3.05, 3.63) is 21.9 Å². The molecule has 2 N–H and O–H groups in total. The molecule has 0 aliphatic rings. The number of hydrogen-bond donors (Lipinski definition) is 1. The normalized spacial score (nSPS) is 16.0. The maximum absolute atomic E-state index is 6.10. The molecular formula is C10H17NS. The van der Waals surface area contributed by atoms with Crippen molar-refractivity contribution in [3.8, 4) is 0 Å². The summed E-state index contributed by atoms with van der Waals surface area (Å²) in [7, 11) is 0. The summed E-state index contributed by atoms with van der Waals surface area (Å²) in [6, 6.07) is 0.223. The molecule has 12 heavy (non-hydrogen) atoms. The Balaban J connectivity index is 2.77. The van der Waals surface area contributed by atoms with E-state index in [2.05, 4.69) is 31.5 Å². The summed E-state index contributed by atoms with van der Waals surface area (Å²) >= 11 is 1.74. The minimum atomic E-state index is 0.223. The average molecular weight is 183 g/mol. The molecule has 1 aromatic rings. The highest BCUT2D eigenvalue weighted by molar-refractivity contribution is 7.08. The van der Waals surface area contributed by atoms with Gasteiger partial charge < -0.3 is 5.73 Å². The fourth-order valence-electron chi connectivity index (χ4n) is 1.27. The van der Waals surface area contributed by atoms with Crippen molar-refractivity contribution >= 4 is 11.3 Å². The summed E-state index contributed by atoms with van der Waals surface area (Å²) in [4.78, 5) is 0. The molecule has 0 aliphatic heterocycles. The number of hydrogen-bond acceptors (Lipinski definition) is 2. The first-order chi connectivity index (χ1) is 5.66. The van der Waals surface area contributed by atoms with Gasteiger partial charge in [0.15, 0.2) is 0 Å². The molecule has 0 saturated heterocycles. The van der Waals surface area contributed by atoms with E-state index >= 15 is 0 Å². The van der Waals surface area contributed by atoms with Crippen LogP contribution in [0.25, 0.3) is 0 Å². The van der Waals surface area contributed by atoms with Gasteiger partial charge in [-0.25, -0.2) is 0 Å². The van der Waals surface area contributed by atoms with Crippen molar-refractivity contribution in [3.63, 3.8) is 0 Å². The Morgan fingerprint density at radius 3 is 2.58 bits per heavy atom. The molecule has 0 saturated carbocycles. The summed E-state index contributed by atoms with van der Waals surface area (Å²) in [6.07, 6.45) is 1.15. The van der Waals surface area contributed by atoms with E-state index in [1.807, 2.05) is 0 Å². The van der Waals surface area contributed by atoms with Gasteiger partial charge in [0.05, 0.1) is 0 Å². The van der Waals surface area contributed by atoms with E-state index in [4.69, 9.17) is 5.73 Å². The lowest BCUT2D eigenvalue weighted by Crippen LogP contribution is -2.18. The van der Waals surface area contributed by atoms with Crippen molar-refractivity contribution < 1.29 is 0 Å². The molecule has 2 heteroatoms. The first-order valence-corrected chi connectivity index (χ1v) is 5.39. The zero-order valence-electron chi connectivity index (χ0n) is 8.00. The molecular weight excluding hydrogens is 166 g/mol. The van der Waals surface area contributed by atoms with E-state index in [9.17, 15) is 0 Å². The summed E-state index contributed by atoms with van der Waals surface area (Å²) in [5.74, 6) is 0.582. The maximum Gasteiger partial charge on any atom is 0.0331 e. The second-order valence-corrected chi connectivity index (χ2v) is 4.17. The van der Waals surface area contributed by atoms with Crippen LogP contribution in [0.15, 0.2) is 10.8 Å². The topological polar surface area (TPSA) is 26.0 Å². The summed E-state index contributed by atoms with van der Waals surface area (Å²) in [5, 5.41) is 4.34. The molecule has 68 valence electrons. The van der Waals surface area contributed by atoms with Crippen LogP contribution in [0.5, 0.6) is 0 Å². The molecule has 0 amide bonds. The minimum Gasteiger partial charge on any atom is -0.324 e. The molecule has 0 spiro atoms. The highest BCUT2D eigenvalue weighted by atomic mass is 32.1. The van der Waals surface area contributed by atoms with Crippen LogP contribution >= 0.6 is 11.3 Å². The smallest absolute Gasteiger partial charge is 0.0331 e. The van der Waals surface area contributed by atoms with Crippen molar-refractivity contribution in [1.29, 1.82) is 0 Å². The van der Waals surface area contributed by atoms with Crippen molar-refractivity contribution in [2.75, 3.05) is 0 Å². The van der Waals surface area contributed by atoms with Crippen LogP contribution in [-0.2, 0) is 0 Å². The maximum atomic E-state index is 6.10. The van der Waals surface area contributed by atoms with Gasteiger partial charge in [-0.05, 0) is 34.7 Å². The molecule has 1 heterocycles. The van der Waals surface area contributed by atoms with Gasteiger partial charge in [-0.3, -0.25) is 0 Å². The van der Waals surface area contributed by atoms with Gasteiger partial charge in [0.1, 0.15) is 0 Å². The van der Waals surface area contributed by atoms with E-state index in [0.29, 0.717) is 5.92 Å². The summed E-state index contributed by atoms with van der Waals surface area (Å²) in [6.45, 7) is 6.53. The average Bonchev–Trinajstić information content (AvgIpc) is 2.48. The van der Waals surface area contributed by atoms with Gasteiger partial charge in [-0.15, -0.1) is 0 Å². The lowest BCUT2D eigenvalue weighted by molar-refractivity contribution is 0.456. The lowest BCUT2D eigenvalue weighted by atomic mass is 9.93.